The van der Waals surface area contributed by atoms with Gasteiger partial charge in [-0.05, 0) is 25.8 Å². The summed E-state index contributed by atoms with van der Waals surface area (Å²) in [7, 11) is 0. The number of nitrogens with zero attached hydrogens (tertiary/aromatic N) is 1. The molecule has 104 valence electrons. The summed E-state index contributed by atoms with van der Waals surface area (Å²) >= 11 is 0. The highest BCUT2D eigenvalue weighted by Gasteiger charge is 2.26. The van der Waals surface area contributed by atoms with E-state index >= 15 is 0 Å². The summed E-state index contributed by atoms with van der Waals surface area (Å²) in [5, 5.41) is 0. The first-order valence-electron chi connectivity index (χ1n) is 6.62. The van der Waals surface area contributed by atoms with Gasteiger partial charge in [0.1, 0.15) is 12.4 Å². The van der Waals surface area contributed by atoms with Gasteiger partial charge in [-0.2, -0.15) is 0 Å². The quantitative estimate of drug-likeness (QED) is 0.904. The summed E-state index contributed by atoms with van der Waals surface area (Å²) in [6, 6.07) is 7.55. The minimum Gasteiger partial charge on any atom is -0.493 e. The van der Waals surface area contributed by atoms with Gasteiger partial charge in [0.05, 0.1) is 12.8 Å². The number of para-hydroxylation sites is 1. The molecule has 1 heterocycles. The van der Waals surface area contributed by atoms with Gasteiger partial charge in [-0.25, -0.2) is 4.79 Å². The molecule has 5 nitrogen and oxygen atoms in total. The molecule has 2 rings (SSSR count). The van der Waals surface area contributed by atoms with E-state index in [1.54, 1.807) is 4.90 Å². The number of amides is 1. The van der Waals surface area contributed by atoms with Crippen LogP contribution in [0.25, 0.3) is 0 Å². The van der Waals surface area contributed by atoms with Crippen molar-refractivity contribution < 1.29 is 14.3 Å². The summed E-state index contributed by atoms with van der Waals surface area (Å²) in [5.41, 5.74) is 6.69. The lowest BCUT2D eigenvalue weighted by atomic mass is 10.2. The number of nitrogens with two attached hydrogens (primary N) is 1. The Morgan fingerprint density at radius 2 is 2.26 bits per heavy atom. The molecule has 0 aromatic heterocycles. The molecule has 1 unspecified atom stereocenters. The Kier molecular flexibility index (Phi) is 4.63. The number of hydrogen-bond acceptors (Lipinski definition) is 4. The fourth-order valence-electron chi connectivity index (χ4n) is 2.16. The van der Waals surface area contributed by atoms with E-state index in [-0.39, 0.29) is 18.9 Å². The van der Waals surface area contributed by atoms with E-state index in [0.29, 0.717) is 13.2 Å². The third-order valence-electron chi connectivity index (χ3n) is 3.16. The van der Waals surface area contributed by atoms with Crippen molar-refractivity contribution in [1.29, 1.82) is 0 Å². The molecule has 1 aliphatic heterocycles. The van der Waals surface area contributed by atoms with Gasteiger partial charge in [-0.3, -0.25) is 4.90 Å². The van der Waals surface area contributed by atoms with E-state index in [1.807, 2.05) is 31.2 Å². The van der Waals surface area contributed by atoms with Crippen LogP contribution in [0.1, 0.15) is 25.3 Å². The van der Waals surface area contributed by atoms with Gasteiger partial charge in [0, 0.05) is 12.1 Å². The summed E-state index contributed by atoms with van der Waals surface area (Å²) in [6.45, 7) is 3.39. The van der Waals surface area contributed by atoms with Crippen LogP contribution in [0.15, 0.2) is 24.3 Å². The Labute approximate surface area is 113 Å². The van der Waals surface area contributed by atoms with Crippen LogP contribution in [0.4, 0.5) is 4.79 Å². The third kappa shape index (κ3) is 3.38. The van der Waals surface area contributed by atoms with Crippen LogP contribution in [0.3, 0.4) is 0 Å². The first-order valence-corrected chi connectivity index (χ1v) is 6.62. The number of hydrogen-bond donors (Lipinski definition) is 1. The van der Waals surface area contributed by atoms with Crippen molar-refractivity contribution in [2.75, 3.05) is 13.2 Å². The molecule has 0 bridgehead atoms. The normalized spacial score (nSPS) is 18.4. The fourth-order valence-corrected chi connectivity index (χ4v) is 2.16. The molecule has 1 aromatic rings. The molecule has 1 fully saturated rings. The van der Waals surface area contributed by atoms with Gasteiger partial charge < -0.3 is 15.2 Å². The van der Waals surface area contributed by atoms with Crippen LogP contribution in [0, 0.1) is 0 Å². The molecule has 1 saturated heterocycles. The van der Waals surface area contributed by atoms with Crippen LogP contribution < -0.4 is 10.5 Å². The summed E-state index contributed by atoms with van der Waals surface area (Å²) in [6.07, 6.45) is 1.21. The Balaban J connectivity index is 1.93. The average Bonchev–Trinajstić information content (AvgIpc) is 2.84. The Morgan fingerprint density at radius 1 is 1.47 bits per heavy atom. The first-order chi connectivity index (χ1) is 9.22. The molecular weight excluding hydrogens is 244 g/mol. The third-order valence-corrected chi connectivity index (χ3v) is 3.16. The van der Waals surface area contributed by atoms with Crippen molar-refractivity contribution in [3.8, 4) is 5.75 Å². The van der Waals surface area contributed by atoms with Gasteiger partial charge in [-0.1, -0.05) is 18.2 Å². The average molecular weight is 264 g/mol. The topological polar surface area (TPSA) is 64.8 Å². The van der Waals surface area contributed by atoms with E-state index < -0.39 is 0 Å². The molecule has 1 atom stereocenters. The number of carbonyl (C=O) groups excluding carboxylic acids is 1. The molecule has 19 heavy (non-hydrogen) atoms. The smallest absolute Gasteiger partial charge is 0.411 e. The Hall–Kier alpha value is -1.75. The van der Waals surface area contributed by atoms with Crippen molar-refractivity contribution in [2.45, 2.75) is 32.5 Å². The molecule has 1 aromatic carbocycles. The number of ether oxygens (including phenoxy) is 2. The highest BCUT2D eigenvalue weighted by Crippen LogP contribution is 2.20. The SMILES string of the molecule is CCOc1ccccc1COC(=O)N1CCCC1N. The fraction of sp³-hybridized carbons (Fsp3) is 0.500. The van der Waals surface area contributed by atoms with E-state index in [4.69, 9.17) is 15.2 Å². The lowest BCUT2D eigenvalue weighted by Gasteiger charge is -2.20. The van der Waals surface area contributed by atoms with Gasteiger partial charge >= 0.3 is 6.09 Å². The molecule has 0 spiro atoms. The first kappa shape index (κ1) is 13.7. The second-order valence-electron chi connectivity index (χ2n) is 4.50. The van der Waals surface area contributed by atoms with Crippen LogP contribution in [0.5, 0.6) is 5.75 Å². The van der Waals surface area contributed by atoms with Gasteiger partial charge in [0.15, 0.2) is 0 Å². The highest BCUT2D eigenvalue weighted by molar-refractivity contribution is 5.68. The second-order valence-corrected chi connectivity index (χ2v) is 4.50. The van der Waals surface area contributed by atoms with Gasteiger partial charge in [-0.15, -0.1) is 0 Å². The van der Waals surface area contributed by atoms with Crippen LogP contribution >= 0.6 is 0 Å². The number of rotatable bonds is 4. The zero-order valence-electron chi connectivity index (χ0n) is 11.2. The molecule has 0 radical (unpaired) electrons. The molecule has 1 amide bonds. The monoisotopic (exact) mass is 264 g/mol. The largest absolute Gasteiger partial charge is 0.493 e. The predicted molar refractivity (Wildman–Crippen MR) is 71.7 cm³/mol. The maximum atomic E-state index is 11.9. The summed E-state index contributed by atoms with van der Waals surface area (Å²) in [4.78, 5) is 13.5. The predicted octanol–water partition coefficient (Wildman–Crippen LogP) is 2.10. The maximum absolute atomic E-state index is 11.9. The zero-order valence-corrected chi connectivity index (χ0v) is 11.2. The molecule has 1 aliphatic rings. The zero-order chi connectivity index (χ0) is 13.7. The van der Waals surface area contributed by atoms with Crippen molar-refractivity contribution in [3.63, 3.8) is 0 Å². The molecule has 2 N–H and O–H groups in total. The van der Waals surface area contributed by atoms with Gasteiger partial charge in [0.2, 0.25) is 0 Å². The number of likely N-dealkylation sites (tertiary alicyclic amines) is 1. The lowest BCUT2D eigenvalue weighted by Crippen LogP contribution is -2.41. The minimum absolute atomic E-state index is 0.207. The number of carbonyl (C=O) groups is 1. The molecule has 0 aliphatic carbocycles. The standard InChI is InChI=1S/C14H20N2O3/c1-2-18-12-7-4-3-6-11(12)10-19-14(17)16-9-5-8-13(16)15/h3-4,6-7,13H,2,5,8-10,15H2,1H3. The van der Waals surface area contributed by atoms with E-state index in [2.05, 4.69) is 0 Å². The Bertz CT molecular complexity index is 436. The van der Waals surface area contributed by atoms with Crippen molar-refractivity contribution in [2.24, 2.45) is 5.73 Å². The van der Waals surface area contributed by atoms with Crippen LogP contribution in [-0.2, 0) is 11.3 Å². The van der Waals surface area contributed by atoms with Crippen LogP contribution in [-0.4, -0.2) is 30.3 Å². The van der Waals surface area contributed by atoms with Crippen LogP contribution in [0.2, 0.25) is 0 Å². The Morgan fingerprint density at radius 3 is 2.95 bits per heavy atom. The van der Waals surface area contributed by atoms with Crippen molar-refractivity contribution >= 4 is 6.09 Å². The van der Waals surface area contributed by atoms with E-state index in [0.717, 1.165) is 24.2 Å². The lowest BCUT2D eigenvalue weighted by molar-refractivity contribution is 0.0921. The molecule has 5 heteroatoms. The second kappa shape index (κ2) is 6.43. The van der Waals surface area contributed by atoms with Crippen molar-refractivity contribution in [1.82, 2.24) is 4.90 Å². The molecule has 0 saturated carbocycles. The number of benzene rings is 1. The van der Waals surface area contributed by atoms with E-state index in [9.17, 15) is 4.79 Å². The van der Waals surface area contributed by atoms with Gasteiger partial charge in [0.25, 0.3) is 0 Å². The summed E-state index contributed by atoms with van der Waals surface area (Å²) < 4.78 is 10.8. The van der Waals surface area contributed by atoms with Crippen molar-refractivity contribution in [3.05, 3.63) is 29.8 Å². The summed E-state index contributed by atoms with van der Waals surface area (Å²) in [5.74, 6) is 0.753. The van der Waals surface area contributed by atoms with E-state index in [1.165, 1.54) is 0 Å². The minimum atomic E-state index is -0.351. The molecular formula is C14H20N2O3. The maximum Gasteiger partial charge on any atom is 0.411 e. The highest BCUT2D eigenvalue weighted by atomic mass is 16.6.